The van der Waals surface area contributed by atoms with Gasteiger partial charge in [-0.05, 0) is 59.7 Å². The van der Waals surface area contributed by atoms with Gasteiger partial charge in [-0.2, -0.15) is 0 Å². The minimum atomic E-state index is 0.292. The Balaban J connectivity index is 1.73. The number of nitrogens with zero attached hydrogens (tertiary/aromatic N) is 1. The molecule has 0 unspecified atom stereocenters. The van der Waals surface area contributed by atoms with Crippen molar-refractivity contribution in [1.82, 2.24) is 0 Å². The highest BCUT2D eigenvalue weighted by Gasteiger charge is 2.22. The van der Waals surface area contributed by atoms with E-state index in [1.54, 1.807) is 14.2 Å². The van der Waals surface area contributed by atoms with Crippen LogP contribution >= 0.6 is 11.8 Å². The van der Waals surface area contributed by atoms with E-state index in [9.17, 15) is 0 Å². The van der Waals surface area contributed by atoms with E-state index in [1.165, 1.54) is 10.5 Å². The Labute approximate surface area is 164 Å². The average molecular weight is 375 g/mol. The molecule has 1 atom stereocenters. The molecular weight excluding hydrogens is 354 g/mol. The normalized spacial score (nSPS) is 16.1. The van der Waals surface area contributed by atoms with Gasteiger partial charge in [0.15, 0.2) is 0 Å². The Morgan fingerprint density at radius 2 is 1.44 bits per heavy atom. The van der Waals surface area contributed by atoms with E-state index in [1.807, 2.05) is 42.1 Å². The molecule has 0 aromatic heterocycles. The lowest BCUT2D eigenvalue weighted by molar-refractivity contribution is 0.414. The second-order valence-electron chi connectivity index (χ2n) is 6.34. The monoisotopic (exact) mass is 375 g/mol. The number of aliphatic imine (C=N–C) groups is 1. The number of hydrogen-bond donors (Lipinski definition) is 0. The van der Waals surface area contributed by atoms with Gasteiger partial charge in [-0.3, -0.25) is 4.99 Å². The molecule has 0 bridgehead atoms. The van der Waals surface area contributed by atoms with Crippen molar-refractivity contribution >= 4 is 23.2 Å². The van der Waals surface area contributed by atoms with Crippen molar-refractivity contribution < 1.29 is 9.47 Å². The molecule has 4 rings (SSSR count). The maximum Gasteiger partial charge on any atom is 0.118 e. The fourth-order valence-corrected chi connectivity index (χ4v) is 4.41. The van der Waals surface area contributed by atoms with Gasteiger partial charge in [-0.25, -0.2) is 0 Å². The molecule has 27 heavy (non-hydrogen) atoms. The molecule has 1 heterocycles. The predicted molar refractivity (Wildman–Crippen MR) is 112 cm³/mol. The number of para-hydroxylation sites is 1. The van der Waals surface area contributed by atoms with Gasteiger partial charge in [-0.15, -0.1) is 11.8 Å². The number of fused-ring (bicyclic) bond motifs is 1. The van der Waals surface area contributed by atoms with Crippen LogP contribution in [0.25, 0.3) is 0 Å². The molecule has 0 fully saturated rings. The largest absolute Gasteiger partial charge is 0.497 e. The number of rotatable bonds is 4. The SMILES string of the molecule is COc1ccc(C2=Nc3ccccc3S[C@@H](c3ccc(OC)cc3)C2)cc1. The number of benzene rings is 3. The minimum Gasteiger partial charge on any atom is -0.497 e. The number of methoxy groups -OCH3 is 2. The molecule has 0 saturated carbocycles. The molecule has 0 saturated heterocycles. The van der Waals surface area contributed by atoms with E-state index in [0.29, 0.717) is 5.25 Å². The maximum atomic E-state index is 5.31. The highest BCUT2D eigenvalue weighted by atomic mass is 32.2. The molecule has 4 heteroatoms. The van der Waals surface area contributed by atoms with Crippen molar-refractivity contribution in [3.8, 4) is 11.5 Å². The molecule has 0 aliphatic carbocycles. The summed E-state index contributed by atoms with van der Waals surface area (Å²) >= 11 is 1.87. The third-order valence-electron chi connectivity index (χ3n) is 4.68. The maximum absolute atomic E-state index is 5.31. The Hall–Kier alpha value is -2.72. The topological polar surface area (TPSA) is 30.8 Å². The summed E-state index contributed by atoms with van der Waals surface area (Å²) in [5.74, 6) is 1.73. The van der Waals surface area contributed by atoms with Crippen LogP contribution in [-0.2, 0) is 0 Å². The first-order valence-electron chi connectivity index (χ1n) is 8.88. The number of ether oxygens (including phenoxy) is 2. The summed E-state index contributed by atoms with van der Waals surface area (Å²) in [6.07, 6.45) is 0.859. The third kappa shape index (κ3) is 3.86. The lowest BCUT2D eigenvalue weighted by Crippen LogP contribution is -2.05. The Morgan fingerprint density at radius 1 is 0.815 bits per heavy atom. The Bertz CT molecular complexity index is 949. The van der Waals surface area contributed by atoms with Crippen LogP contribution in [0, 0.1) is 0 Å². The van der Waals surface area contributed by atoms with Crippen LogP contribution < -0.4 is 9.47 Å². The molecule has 0 radical (unpaired) electrons. The van der Waals surface area contributed by atoms with Crippen molar-refractivity contribution in [2.24, 2.45) is 4.99 Å². The van der Waals surface area contributed by atoms with Crippen LogP contribution in [0.5, 0.6) is 11.5 Å². The predicted octanol–water partition coefficient (Wildman–Crippen LogP) is 6.06. The zero-order valence-corrected chi connectivity index (χ0v) is 16.2. The summed E-state index contributed by atoms with van der Waals surface area (Å²) in [5.41, 5.74) is 4.53. The van der Waals surface area contributed by atoms with Crippen LogP contribution in [0.2, 0.25) is 0 Å². The Morgan fingerprint density at radius 3 is 2.11 bits per heavy atom. The van der Waals surface area contributed by atoms with E-state index in [0.717, 1.165) is 34.9 Å². The van der Waals surface area contributed by atoms with Gasteiger partial charge in [-0.1, -0.05) is 24.3 Å². The molecule has 3 aromatic carbocycles. The Kier molecular flexibility index (Phi) is 5.16. The molecule has 1 aliphatic heterocycles. The summed E-state index contributed by atoms with van der Waals surface area (Å²) in [6, 6.07) is 24.9. The smallest absolute Gasteiger partial charge is 0.118 e. The van der Waals surface area contributed by atoms with E-state index >= 15 is 0 Å². The first-order valence-corrected chi connectivity index (χ1v) is 9.76. The summed E-state index contributed by atoms with van der Waals surface area (Å²) < 4.78 is 10.6. The summed E-state index contributed by atoms with van der Waals surface area (Å²) in [5, 5.41) is 0.292. The van der Waals surface area contributed by atoms with E-state index in [2.05, 4.69) is 42.5 Å². The fraction of sp³-hybridized carbons (Fsp3) is 0.174. The molecule has 136 valence electrons. The molecule has 1 aliphatic rings. The van der Waals surface area contributed by atoms with Crippen molar-refractivity contribution in [1.29, 1.82) is 0 Å². The van der Waals surface area contributed by atoms with Gasteiger partial charge in [0.1, 0.15) is 11.5 Å². The van der Waals surface area contributed by atoms with Crippen LogP contribution in [0.3, 0.4) is 0 Å². The number of hydrogen-bond acceptors (Lipinski definition) is 4. The molecular formula is C23H21NO2S. The van der Waals surface area contributed by atoms with Gasteiger partial charge < -0.3 is 9.47 Å². The third-order valence-corrected chi connectivity index (χ3v) is 6.00. The zero-order valence-electron chi connectivity index (χ0n) is 15.4. The molecule has 0 N–H and O–H groups in total. The first-order chi connectivity index (χ1) is 13.3. The van der Waals surface area contributed by atoms with Crippen molar-refractivity contribution in [2.75, 3.05) is 14.2 Å². The van der Waals surface area contributed by atoms with E-state index in [-0.39, 0.29) is 0 Å². The van der Waals surface area contributed by atoms with Crippen LogP contribution in [0.15, 0.2) is 82.7 Å². The average Bonchev–Trinajstić information content (AvgIpc) is 2.93. The highest BCUT2D eigenvalue weighted by molar-refractivity contribution is 7.99. The number of thioether (sulfide) groups is 1. The van der Waals surface area contributed by atoms with Crippen molar-refractivity contribution in [3.05, 3.63) is 83.9 Å². The van der Waals surface area contributed by atoms with Crippen LogP contribution in [0.1, 0.15) is 22.8 Å². The summed E-state index contributed by atoms with van der Waals surface area (Å²) in [4.78, 5) is 6.21. The lowest BCUT2D eigenvalue weighted by Gasteiger charge is -2.16. The van der Waals surface area contributed by atoms with Gasteiger partial charge in [0.2, 0.25) is 0 Å². The molecule has 0 spiro atoms. The van der Waals surface area contributed by atoms with Gasteiger partial charge >= 0.3 is 0 Å². The summed E-state index contributed by atoms with van der Waals surface area (Å²) in [6.45, 7) is 0. The van der Waals surface area contributed by atoms with E-state index in [4.69, 9.17) is 14.5 Å². The molecule has 3 aromatic rings. The zero-order chi connectivity index (χ0) is 18.6. The standard InChI is InChI=1S/C23H21NO2S/c1-25-18-11-7-16(8-12-18)21-15-23(17-9-13-19(26-2)14-10-17)27-22-6-4-3-5-20(22)24-21/h3-14,23H,15H2,1-2H3/t23-/m1/s1. The lowest BCUT2D eigenvalue weighted by atomic mass is 10.0. The second-order valence-corrected chi connectivity index (χ2v) is 7.58. The fourth-order valence-electron chi connectivity index (χ4n) is 3.18. The molecule has 0 amide bonds. The van der Waals surface area contributed by atoms with Crippen molar-refractivity contribution in [3.63, 3.8) is 0 Å². The second kappa shape index (κ2) is 7.89. The molecule has 3 nitrogen and oxygen atoms in total. The highest BCUT2D eigenvalue weighted by Crippen LogP contribution is 2.45. The van der Waals surface area contributed by atoms with Crippen LogP contribution in [0.4, 0.5) is 5.69 Å². The van der Waals surface area contributed by atoms with Crippen LogP contribution in [-0.4, -0.2) is 19.9 Å². The van der Waals surface area contributed by atoms with Crippen molar-refractivity contribution in [2.45, 2.75) is 16.6 Å². The van der Waals surface area contributed by atoms with Gasteiger partial charge in [0, 0.05) is 22.3 Å². The van der Waals surface area contributed by atoms with E-state index < -0.39 is 0 Å². The quantitative estimate of drug-likeness (QED) is 0.555. The summed E-state index contributed by atoms with van der Waals surface area (Å²) in [7, 11) is 3.38. The minimum absolute atomic E-state index is 0.292. The van der Waals surface area contributed by atoms with Gasteiger partial charge in [0.25, 0.3) is 0 Å². The van der Waals surface area contributed by atoms with Gasteiger partial charge in [0.05, 0.1) is 19.9 Å². The first kappa shape index (κ1) is 17.7.